The van der Waals surface area contributed by atoms with E-state index in [0.717, 1.165) is 11.1 Å². The number of nitrogens with one attached hydrogen (secondary N) is 1. The van der Waals surface area contributed by atoms with Crippen LogP contribution in [-0.2, 0) is 0 Å². The van der Waals surface area contributed by atoms with E-state index in [0.29, 0.717) is 23.1 Å². The first-order valence-corrected chi connectivity index (χ1v) is 6.32. The van der Waals surface area contributed by atoms with Crippen molar-refractivity contribution in [2.75, 3.05) is 11.9 Å². The molecular weight excluding hydrogens is 274 g/mol. The van der Waals surface area contributed by atoms with Crippen LogP contribution in [0.25, 0.3) is 0 Å². The summed E-state index contributed by atoms with van der Waals surface area (Å²) >= 11 is 5.19. The number of thiocarbonyl (C=S) groups is 1. The smallest absolute Gasteiger partial charge is 0.223 e. The first-order chi connectivity index (χ1) is 9.65. The standard InChI is InChI=1S/C13H11N5OS/c14-13-17-11-10(12(20)18-13)7(6-16-11)5-15-8-3-1-2-4-9(8)19/h1-4,6,15,19H,5H2,(H2,14,18,20). The third-order valence-electron chi connectivity index (χ3n) is 2.91. The normalized spacial score (nSPS) is 16.9. The fraction of sp³-hybridized carbons (Fsp3) is 0.0769. The number of amidine groups is 1. The van der Waals surface area contributed by atoms with Crippen molar-refractivity contribution in [2.45, 2.75) is 0 Å². The van der Waals surface area contributed by atoms with Crippen molar-refractivity contribution in [3.05, 3.63) is 35.4 Å². The highest BCUT2D eigenvalue weighted by atomic mass is 32.1. The molecule has 0 atom stereocenters. The average molecular weight is 285 g/mol. The van der Waals surface area contributed by atoms with Crippen LogP contribution in [0.5, 0.6) is 5.75 Å². The number of benzene rings is 1. The Hall–Kier alpha value is -2.54. The van der Waals surface area contributed by atoms with Crippen LogP contribution < -0.4 is 11.1 Å². The molecule has 3 rings (SSSR count). The molecule has 0 spiro atoms. The molecule has 20 heavy (non-hydrogen) atoms. The largest absolute Gasteiger partial charge is 0.506 e. The SMILES string of the molecule is NC1=NC(=S)C2=C(CNc3ccccc3O)C=NC2=N1. The molecule has 0 aromatic heterocycles. The van der Waals surface area contributed by atoms with Crippen molar-refractivity contribution in [1.82, 2.24) is 0 Å². The van der Waals surface area contributed by atoms with Gasteiger partial charge in [-0.2, -0.15) is 4.99 Å². The van der Waals surface area contributed by atoms with Crippen LogP contribution in [0.1, 0.15) is 0 Å². The summed E-state index contributed by atoms with van der Waals surface area (Å²) in [5.74, 6) is 0.813. The van der Waals surface area contributed by atoms with Gasteiger partial charge >= 0.3 is 0 Å². The second-order valence-corrected chi connectivity index (χ2v) is 4.63. The molecule has 0 saturated heterocycles. The Morgan fingerprint density at radius 3 is 2.85 bits per heavy atom. The summed E-state index contributed by atoms with van der Waals surface area (Å²) < 4.78 is 0. The van der Waals surface area contributed by atoms with Crippen LogP contribution in [0.15, 0.2) is 50.4 Å². The maximum atomic E-state index is 9.70. The van der Waals surface area contributed by atoms with Crippen molar-refractivity contribution in [3.63, 3.8) is 0 Å². The zero-order valence-corrected chi connectivity index (χ0v) is 11.2. The van der Waals surface area contributed by atoms with Crippen LogP contribution >= 0.6 is 12.2 Å². The van der Waals surface area contributed by atoms with Gasteiger partial charge < -0.3 is 16.2 Å². The Bertz CT molecular complexity index is 717. The maximum absolute atomic E-state index is 9.70. The fourth-order valence-electron chi connectivity index (χ4n) is 1.97. The topological polar surface area (TPSA) is 95.4 Å². The van der Waals surface area contributed by atoms with Gasteiger partial charge in [-0.3, -0.25) is 0 Å². The van der Waals surface area contributed by atoms with Crippen molar-refractivity contribution < 1.29 is 5.11 Å². The van der Waals surface area contributed by atoms with E-state index in [1.807, 2.05) is 6.07 Å². The highest BCUT2D eigenvalue weighted by molar-refractivity contribution is 7.81. The first-order valence-electron chi connectivity index (χ1n) is 5.92. The number of anilines is 1. The van der Waals surface area contributed by atoms with E-state index in [2.05, 4.69) is 20.3 Å². The monoisotopic (exact) mass is 285 g/mol. The van der Waals surface area contributed by atoms with Crippen LogP contribution in [-0.4, -0.2) is 34.6 Å². The maximum Gasteiger partial charge on any atom is 0.223 e. The Morgan fingerprint density at radius 2 is 2.05 bits per heavy atom. The fourth-order valence-corrected chi connectivity index (χ4v) is 2.29. The summed E-state index contributed by atoms with van der Waals surface area (Å²) in [6, 6.07) is 7.01. The van der Waals surface area contributed by atoms with E-state index < -0.39 is 0 Å². The van der Waals surface area contributed by atoms with Crippen molar-refractivity contribution in [3.8, 4) is 5.75 Å². The van der Waals surface area contributed by atoms with Gasteiger partial charge in [0.15, 0.2) is 5.84 Å². The van der Waals surface area contributed by atoms with Gasteiger partial charge in [0.1, 0.15) is 10.7 Å². The number of guanidine groups is 1. The third kappa shape index (κ3) is 2.19. The molecule has 0 bridgehead atoms. The first kappa shape index (κ1) is 12.5. The summed E-state index contributed by atoms with van der Waals surface area (Å²) in [5, 5.41) is 12.8. The lowest BCUT2D eigenvalue weighted by Crippen LogP contribution is -2.22. The van der Waals surface area contributed by atoms with E-state index in [9.17, 15) is 5.11 Å². The lowest BCUT2D eigenvalue weighted by Gasteiger charge is -2.11. The number of fused-ring (bicyclic) bond motifs is 1. The molecule has 2 heterocycles. The van der Waals surface area contributed by atoms with E-state index in [1.165, 1.54) is 0 Å². The highest BCUT2D eigenvalue weighted by Crippen LogP contribution is 2.24. The number of para-hydroxylation sites is 2. The number of nitrogens with two attached hydrogens (primary N) is 1. The summed E-state index contributed by atoms with van der Waals surface area (Å²) in [6.07, 6.45) is 1.68. The molecule has 2 aliphatic heterocycles. The second kappa shape index (κ2) is 4.86. The minimum Gasteiger partial charge on any atom is -0.506 e. The second-order valence-electron chi connectivity index (χ2n) is 4.24. The lowest BCUT2D eigenvalue weighted by atomic mass is 10.1. The summed E-state index contributed by atoms with van der Waals surface area (Å²) in [5.41, 5.74) is 7.77. The van der Waals surface area contributed by atoms with Crippen LogP contribution in [0.4, 0.5) is 5.69 Å². The molecule has 1 aromatic rings. The minimum atomic E-state index is 0.126. The van der Waals surface area contributed by atoms with Gasteiger partial charge in [0.2, 0.25) is 5.96 Å². The molecule has 2 aliphatic rings. The Morgan fingerprint density at radius 1 is 1.25 bits per heavy atom. The number of phenolic OH excluding ortho intramolecular Hbond substituents is 1. The van der Waals surface area contributed by atoms with Crippen LogP contribution in [0.2, 0.25) is 0 Å². The molecule has 4 N–H and O–H groups in total. The van der Waals surface area contributed by atoms with Crippen molar-refractivity contribution in [1.29, 1.82) is 0 Å². The van der Waals surface area contributed by atoms with Crippen LogP contribution in [0.3, 0.4) is 0 Å². The van der Waals surface area contributed by atoms with E-state index >= 15 is 0 Å². The third-order valence-corrected chi connectivity index (χ3v) is 3.21. The van der Waals surface area contributed by atoms with Gasteiger partial charge in [0, 0.05) is 18.3 Å². The van der Waals surface area contributed by atoms with Crippen molar-refractivity contribution in [2.24, 2.45) is 20.7 Å². The Kier molecular flexibility index (Phi) is 3.03. The molecule has 0 unspecified atom stereocenters. The lowest BCUT2D eigenvalue weighted by molar-refractivity contribution is 0.477. The number of hydrogen-bond acceptors (Lipinski definition) is 6. The van der Waals surface area contributed by atoms with Gasteiger partial charge in [-0.05, 0) is 12.1 Å². The summed E-state index contributed by atoms with van der Waals surface area (Å²) in [6.45, 7) is 0.463. The molecule has 100 valence electrons. The van der Waals surface area contributed by atoms with Gasteiger partial charge in [0.25, 0.3) is 0 Å². The highest BCUT2D eigenvalue weighted by Gasteiger charge is 2.25. The molecule has 0 aliphatic carbocycles. The molecular formula is C13H11N5OS. The number of nitrogens with zero attached hydrogens (tertiary/aromatic N) is 3. The number of aromatic hydroxyl groups is 1. The number of phenols is 1. The zero-order chi connectivity index (χ0) is 14.1. The predicted octanol–water partition coefficient (Wildman–Crippen LogP) is 1.24. The zero-order valence-electron chi connectivity index (χ0n) is 10.4. The molecule has 1 aromatic carbocycles. The van der Waals surface area contributed by atoms with Gasteiger partial charge in [0.05, 0.1) is 11.3 Å². The van der Waals surface area contributed by atoms with Gasteiger partial charge in [-0.25, -0.2) is 9.98 Å². The Labute approximate surface area is 120 Å². The molecule has 0 amide bonds. The quantitative estimate of drug-likeness (QED) is 0.575. The number of hydrogen-bond donors (Lipinski definition) is 3. The van der Waals surface area contributed by atoms with Gasteiger partial charge in [-0.1, -0.05) is 24.4 Å². The summed E-state index contributed by atoms with van der Waals surface area (Å²) in [7, 11) is 0. The molecule has 0 saturated carbocycles. The number of rotatable bonds is 3. The Balaban J connectivity index is 1.83. The predicted molar refractivity (Wildman–Crippen MR) is 83.8 cm³/mol. The van der Waals surface area contributed by atoms with E-state index in [1.54, 1.807) is 24.4 Å². The van der Waals surface area contributed by atoms with Crippen LogP contribution in [0, 0.1) is 0 Å². The molecule has 0 radical (unpaired) electrons. The minimum absolute atomic E-state index is 0.126. The molecule has 7 heteroatoms. The number of aliphatic imine (C=N–C) groups is 3. The molecule has 6 nitrogen and oxygen atoms in total. The van der Waals surface area contributed by atoms with E-state index in [4.69, 9.17) is 18.0 Å². The average Bonchev–Trinajstić information content (AvgIpc) is 2.81. The van der Waals surface area contributed by atoms with Crippen molar-refractivity contribution >= 4 is 40.9 Å². The molecule has 0 fully saturated rings. The van der Waals surface area contributed by atoms with Gasteiger partial charge in [-0.15, -0.1) is 0 Å². The van der Waals surface area contributed by atoms with E-state index in [-0.39, 0.29) is 11.7 Å². The summed E-state index contributed by atoms with van der Waals surface area (Å²) in [4.78, 5) is 12.6.